The van der Waals surface area contributed by atoms with E-state index in [0.717, 1.165) is 30.8 Å². The molecule has 0 radical (unpaired) electrons. The summed E-state index contributed by atoms with van der Waals surface area (Å²) in [4.78, 5) is 2.45. The second kappa shape index (κ2) is 6.39. The molecule has 1 aromatic rings. The van der Waals surface area contributed by atoms with Crippen molar-refractivity contribution in [3.05, 3.63) is 23.7 Å². The number of hydrogen-bond donors (Lipinski definition) is 1. The number of rotatable bonds is 5. The summed E-state index contributed by atoms with van der Waals surface area (Å²) in [5, 5.41) is 3.15. The van der Waals surface area contributed by atoms with Crippen molar-refractivity contribution in [1.29, 1.82) is 0 Å². The summed E-state index contributed by atoms with van der Waals surface area (Å²) >= 11 is 0. The molecular weight excluding hydrogens is 224 g/mol. The highest BCUT2D eigenvalue weighted by molar-refractivity contribution is 5.12. The molecule has 0 unspecified atom stereocenters. The lowest BCUT2D eigenvalue weighted by Gasteiger charge is -2.33. The van der Waals surface area contributed by atoms with Crippen molar-refractivity contribution in [2.24, 2.45) is 5.92 Å². The quantitative estimate of drug-likeness (QED) is 0.871. The van der Waals surface area contributed by atoms with E-state index in [2.05, 4.69) is 30.3 Å². The van der Waals surface area contributed by atoms with Crippen LogP contribution in [0, 0.1) is 5.92 Å². The predicted octanol–water partition coefficient (Wildman–Crippen LogP) is 3.01. The summed E-state index contributed by atoms with van der Waals surface area (Å²) in [6.07, 6.45) is 7.28. The Balaban J connectivity index is 1.84. The van der Waals surface area contributed by atoms with Gasteiger partial charge in [0.1, 0.15) is 5.76 Å². The third kappa shape index (κ3) is 3.59. The van der Waals surface area contributed by atoms with Gasteiger partial charge in [-0.2, -0.15) is 0 Å². The monoisotopic (exact) mass is 250 g/mol. The smallest absolute Gasteiger partial charge is 0.118 e. The second-order valence-corrected chi connectivity index (χ2v) is 5.78. The minimum Gasteiger partial charge on any atom is -0.468 e. The Morgan fingerprint density at radius 3 is 2.72 bits per heavy atom. The summed E-state index contributed by atoms with van der Waals surface area (Å²) < 4.78 is 5.62. The normalized spacial score (nSPS) is 24.7. The van der Waals surface area contributed by atoms with E-state index in [1.165, 1.54) is 31.2 Å². The van der Waals surface area contributed by atoms with Crippen molar-refractivity contribution in [1.82, 2.24) is 10.2 Å². The highest BCUT2D eigenvalue weighted by Gasteiger charge is 2.22. The Kier molecular flexibility index (Phi) is 4.84. The molecule has 102 valence electrons. The maximum atomic E-state index is 5.62. The first-order valence-electron chi connectivity index (χ1n) is 7.10. The molecular formula is C15H26N2O. The van der Waals surface area contributed by atoms with Crippen molar-refractivity contribution in [3.63, 3.8) is 0 Å². The molecule has 18 heavy (non-hydrogen) atoms. The summed E-state index contributed by atoms with van der Waals surface area (Å²) in [5.41, 5.74) is 1.23. The van der Waals surface area contributed by atoms with E-state index in [1.807, 2.05) is 13.3 Å². The van der Waals surface area contributed by atoms with E-state index in [9.17, 15) is 0 Å². The van der Waals surface area contributed by atoms with Gasteiger partial charge in [-0.05, 0) is 51.8 Å². The van der Waals surface area contributed by atoms with Crippen molar-refractivity contribution < 1.29 is 4.42 Å². The molecule has 1 saturated carbocycles. The highest BCUT2D eigenvalue weighted by atomic mass is 16.3. The number of nitrogens with one attached hydrogen (secondary N) is 1. The van der Waals surface area contributed by atoms with E-state index in [-0.39, 0.29) is 0 Å². The fourth-order valence-corrected chi connectivity index (χ4v) is 2.86. The molecule has 1 aromatic heterocycles. The Labute approximate surface area is 111 Å². The first-order valence-corrected chi connectivity index (χ1v) is 7.10. The van der Waals surface area contributed by atoms with Crippen LogP contribution in [0.5, 0.6) is 0 Å². The average molecular weight is 250 g/mol. The molecule has 3 nitrogen and oxygen atoms in total. The lowest BCUT2D eigenvalue weighted by molar-refractivity contribution is 0.154. The van der Waals surface area contributed by atoms with E-state index in [4.69, 9.17) is 4.42 Å². The Morgan fingerprint density at radius 2 is 2.06 bits per heavy atom. The standard InChI is InChI=1S/C15H26N2O/c1-12-4-6-14(7-5-12)17(3)10-15-8-13(9-16-2)11-18-15/h8,11-12,14,16H,4-7,9-10H2,1-3H3. The third-order valence-corrected chi connectivity index (χ3v) is 4.10. The molecule has 1 heterocycles. The van der Waals surface area contributed by atoms with Gasteiger partial charge in [-0.3, -0.25) is 4.90 Å². The van der Waals surface area contributed by atoms with Gasteiger partial charge in [0.05, 0.1) is 12.8 Å². The number of hydrogen-bond acceptors (Lipinski definition) is 3. The van der Waals surface area contributed by atoms with E-state index in [1.54, 1.807) is 0 Å². The van der Waals surface area contributed by atoms with Crippen LogP contribution in [-0.2, 0) is 13.1 Å². The van der Waals surface area contributed by atoms with Crippen LogP contribution in [0.2, 0.25) is 0 Å². The van der Waals surface area contributed by atoms with Crippen LogP contribution in [0.4, 0.5) is 0 Å². The predicted molar refractivity (Wildman–Crippen MR) is 74.4 cm³/mol. The molecule has 0 aliphatic heterocycles. The molecule has 1 fully saturated rings. The van der Waals surface area contributed by atoms with E-state index < -0.39 is 0 Å². The molecule has 0 atom stereocenters. The SMILES string of the molecule is CNCc1coc(CN(C)C2CCC(C)CC2)c1. The maximum absolute atomic E-state index is 5.62. The molecule has 0 amide bonds. The van der Waals surface area contributed by atoms with Crippen LogP contribution in [0.25, 0.3) is 0 Å². The van der Waals surface area contributed by atoms with E-state index in [0.29, 0.717) is 0 Å². The maximum Gasteiger partial charge on any atom is 0.118 e. The zero-order valence-corrected chi connectivity index (χ0v) is 11.9. The van der Waals surface area contributed by atoms with Gasteiger partial charge in [0.2, 0.25) is 0 Å². The van der Waals surface area contributed by atoms with Gasteiger partial charge >= 0.3 is 0 Å². The fraction of sp³-hybridized carbons (Fsp3) is 0.733. The Hall–Kier alpha value is -0.800. The number of furan rings is 1. The fourth-order valence-electron chi connectivity index (χ4n) is 2.86. The summed E-state index contributed by atoms with van der Waals surface area (Å²) in [5.74, 6) is 2.00. The molecule has 1 aliphatic rings. The van der Waals surface area contributed by atoms with Gasteiger partial charge in [0.15, 0.2) is 0 Å². The van der Waals surface area contributed by atoms with Gasteiger partial charge in [0, 0.05) is 18.2 Å². The largest absolute Gasteiger partial charge is 0.468 e. The molecule has 0 spiro atoms. The molecule has 3 heteroatoms. The molecule has 0 bridgehead atoms. The lowest BCUT2D eigenvalue weighted by Crippen LogP contribution is -2.34. The number of nitrogens with zero attached hydrogens (tertiary/aromatic N) is 1. The van der Waals surface area contributed by atoms with Gasteiger partial charge in [-0.1, -0.05) is 6.92 Å². The summed E-state index contributed by atoms with van der Waals surface area (Å²) in [6, 6.07) is 2.90. The van der Waals surface area contributed by atoms with Gasteiger partial charge in [-0.15, -0.1) is 0 Å². The highest BCUT2D eigenvalue weighted by Crippen LogP contribution is 2.27. The first-order chi connectivity index (χ1) is 8.69. The third-order valence-electron chi connectivity index (χ3n) is 4.10. The Bertz CT molecular complexity index is 353. The topological polar surface area (TPSA) is 28.4 Å². The minimum absolute atomic E-state index is 0.735. The van der Waals surface area contributed by atoms with Crippen LogP contribution in [0.15, 0.2) is 16.7 Å². The van der Waals surface area contributed by atoms with Crippen LogP contribution in [0.3, 0.4) is 0 Å². The second-order valence-electron chi connectivity index (χ2n) is 5.78. The molecule has 1 N–H and O–H groups in total. The van der Waals surface area contributed by atoms with Gasteiger partial charge < -0.3 is 9.73 Å². The molecule has 0 aromatic carbocycles. The average Bonchev–Trinajstić information content (AvgIpc) is 2.78. The van der Waals surface area contributed by atoms with Crippen molar-refractivity contribution in [2.45, 2.75) is 51.7 Å². The van der Waals surface area contributed by atoms with Crippen LogP contribution in [-0.4, -0.2) is 25.0 Å². The van der Waals surface area contributed by atoms with Crippen molar-refractivity contribution in [3.8, 4) is 0 Å². The summed E-state index contributed by atoms with van der Waals surface area (Å²) in [7, 11) is 4.18. The van der Waals surface area contributed by atoms with Crippen LogP contribution < -0.4 is 5.32 Å². The minimum atomic E-state index is 0.735. The van der Waals surface area contributed by atoms with Crippen LogP contribution in [0.1, 0.15) is 43.9 Å². The van der Waals surface area contributed by atoms with Gasteiger partial charge in [-0.25, -0.2) is 0 Å². The van der Waals surface area contributed by atoms with Crippen LogP contribution >= 0.6 is 0 Å². The first kappa shape index (κ1) is 13.6. The molecule has 1 aliphatic carbocycles. The zero-order chi connectivity index (χ0) is 13.0. The van der Waals surface area contributed by atoms with Gasteiger partial charge in [0.25, 0.3) is 0 Å². The summed E-state index contributed by atoms with van der Waals surface area (Å²) in [6.45, 7) is 4.18. The lowest BCUT2D eigenvalue weighted by atomic mass is 9.87. The Morgan fingerprint density at radius 1 is 1.33 bits per heavy atom. The van der Waals surface area contributed by atoms with Crippen molar-refractivity contribution >= 4 is 0 Å². The molecule has 2 rings (SSSR count). The van der Waals surface area contributed by atoms with Crippen molar-refractivity contribution in [2.75, 3.05) is 14.1 Å². The zero-order valence-electron chi connectivity index (χ0n) is 11.9. The van der Waals surface area contributed by atoms with E-state index >= 15 is 0 Å². The molecule has 0 saturated heterocycles.